The van der Waals surface area contributed by atoms with E-state index in [1.54, 1.807) is 0 Å². The minimum Gasteiger partial charge on any atom is -0.222 e. The van der Waals surface area contributed by atoms with E-state index in [0.717, 1.165) is 0 Å². The van der Waals surface area contributed by atoms with Crippen LogP contribution in [0.4, 0.5) is 0 Å². The minimum absolute atomic E-state index is 1.29. The van der Waals surface area contributed by atoms with Crippen LogP contribution in [0.2, 0.25) is 0 Å². The molecule has 0 radical (unpaired) electrons. The fraction of sp³-hybridized carbons (Fsp3) is 0.182. The summed E-state index contributed by atoms with van der Waals surface area (Å²) >= 11 is 0. The highest BCUT2D eigenvalue weighted by Gasteiger charge is 2.04. The van der Waals surface area contributed by atoms with Crippen LogP contribution in [0.25, 0.3) is 10.9 Å². The Hall–Kier alpha value is -1.24. The molecule has 5 nitrogen and oxygen atoms in total. The highest BCUT2D eigenvalue weighted by Crippen LogP contribution is 2.12. The summed E-state index contributed by atoms with van der Waals surface area (Å²) in [6, 6.07) is 10.6. The standard InChI is InChI=1S/C11H12N.ClHO4/c1-9-7-8-12(2)11-6-4-3-5-10(9)11;2-1(3,4)5/h3-8H,1-2H3;(H,2,3,4,5)/q+1;/p-1. The smallest absolute Gasteiger partial charge is 0.212 e. The van der Waals surface area contributed by atoms with Gasteiger partial charge in [-0.25, -0.2) is 23.2 Å². The van der Waals surface area contributed by atoms with Gasteiger partial charge < -0.3 is 0 Å². The second-order valence-corrected chi connectivity index (χ2v) is 4.26. The molecule has 6 heteroatoms. The molecule has 2 aromatic rings. The van der Waals surface area contributed by atoms with Gasteiger partial charge in [0.05, 0.1) is 0 Å². The van der Waals surface area contributed by atoms with E-state index in [-0.39, 0.29) is 0 Å². The second-order valence-electron chi connectivity index (χ2n) is 3.50. The van der Waals surface area contributed by atoms with Gasteiger partial charge in [0.15, 0.2) is 6.20 Å². The van der Waals surface area contributed by atoms with E-state index in [1.807, 2.05) is 0 Å². The number of rotatable bonds is 0. The maximum atomic E-state index is 8.49. The Balaban J connectivity index is 0.000000249. The number of halogens is 1. The number of hydrogen-bond acceptors (Lipinski definition) is 4. The molecule has 2 rings (SSSR count). The first-order chi connectivity index (χ1) is 7.79. The van der Waals surface area contributed by atoms with Crippen LogP contribution in [-0.4, -0.2) is 0 Å². The molecule has 0 spiro atoms. The first-order valence-corrected chi connectivity index (χ1v) is 5.98. The molecule has 0 aliphatic rings. The van der Waals surface area contributed by atoms with E-state index in [2.05, 4.69) is 55.1 Å². The average Bonchev–Trinajstić information content (AvgIpc) is 2.22. The van der Waals surface area contributed by atoms with Crippen LogP contribution in [0.15, 0.2) is 36.5 Å². The third kappa shape index (κ3) is 4.64. The number of aromatic nitrogens is 1. The number of aryl methyl sites for hydroxylation is 2. The van der Waals surface area contributed by atoms with Crippen molar-refractivity contribution in [2.24, 2.45) is 7.05 Å². The molecule has 17 heavy (non-hydrogen) atoms. The van der Waals surface area contributed by atoms with E-state index < -0.39 is 10.2 Å². The minimum atomic E-state index is -4.94. The molecule has 0 N–H and O–H groups in total. The largest absolute Gasteiger partial charge is 0.222 e. The summed E-state index contributed by atoms with van der Waals surface area (Å²) in [6.07, 6.45) is 2.09. The number of pyridine rings is 1. The van der Waals surface area contributed by atoms with Crippen molar-refractivity contribution in [3.63, 3.8) is 0 Å². The van der Waals surface area contributed by atoms with Gasteiger partial charge in [0.25, 0.3) is 0 Å². The Bertz CT molecular complexity index is 464. The summed E-state index contributed by atoms with van der Waals surface area (Å²) < 4.78 is 36.1. The van der Waals surface area contributed by atoms with Crippen LogP contribution in [0.1, 0.15) is 5.56 Å². The Labute approximate surface area is 101 Å². The summed E-state index contributed by atoms with van der Waals surface area (Å²) in [6.45, 7) is 2.14. The number of hydrogen-bond donors (Lipinski definition) is 0. The molecule has 1 heterocycles. The van der Waals surface area contributed by atoms with Crippen molar-refractivity contribution >= 4 is 10.9 Å². The van der Waals surface area contributed by atoms with Crippen molar-refractivity contribution in [3.05, 3.63) is 42.1 Å². The molecular weight excluding hydrogens is 246 g/mol. The molecule has 0 atom stereocenters. The lowest BCUT2D eigenvalue weighted by atomic mass is 10.1. The maximum Gasteiger partial charge on any atom is 0.212 e. The molecule has 1 aromatic carbocycles. The Morgan fingerprint density at radius 3 is 2.06 bits per heavy atom. The Morgan fingerprint density at radius 1 is 1.00 bits per heavy atom. The van der Waals surface area contributed by atoms with Gasteiger partial charge in [0.2, 0.25) is 5.52 Å². The molecule has 0 aliphatic carbocycles. The van der Waals surface area contributed by atoms with Crippen molar-refractivity contribution < 1.29 is 33.4 Å². The molecule has 92 valence electrons. The molecule has 0 unspecified atom stereocenters. The van der Waals surface area contributed by atoms with Crippen molar-refractivity contribution in [2.75, 3.05) is 0 Å². The molecule has 0 saturated heterocycles. The summed E-state index contributed by atoms with van der Waals surface area (Å²) in [4.78, 5) is 0. The van der Waals surface area contributed by atoms with Gasteiger partial charge in [-0.05, 0) is 18.6 Å². The molecule has 0 amide bonds. The predicted octanol–water partition coefficient (Wildman–Crippen LogP) is -2.78. The normalized spacial score (nSPS) is 10.9. The zero-order valence-corrected chi connectivity index (χ0v) is 10.2. The Kier molecular flexibility index (Phi) is 4.39. The number of fused-ring (bicyclic) bond motifs is 1. The average molecular weight is 258 g/mol. The fourth-order valence-electron chi connectivity index (χ4n) is 1.51. The van der Waals surface area contributed by atoms with Crippen LogP contribution >= 0.6 is 0 Å². The number of para-hydroxylation sites is 1. The van der Waals surface area contributed by atoms with Crippen molar-refractivity contribution in [1.82, 2.24) is 0 Å². The monoisotopic (exact) mass is 257 g/mol. The van der Waals surface area contributed by atoms with E-state index >= 15 is 0 Å². The topological polar surface area (TPSA) is 96.1 Å². The maximum absolute atomic E-state index is 8.49. The highest BCUT2D eigenvalue weighted by atomic mass is 35.7. The lowest BCUT2D eigenvalue weighted by molar-refractivity contribution is -2.00. The lowest BCUT2D eigenvalue weighted by Crippen LogP contribution is -2.68. The fourth-order valence-corrected chi connectivity index (χ4v) is 1.51. The zero-order valence-electron chi connectivity index (χ0n) is 9.42. The summed E-state index contributed by atoms with van der Waals surface area (Å²) in [5.41, 5.74) is 2.63. The number of nitrogens with zero attached hydrogens (tertiary/aromatic N) is 1. The second kappa shape index (κ2) is 5.39. The lowest BCUT2D eigenvalue weighted by Gasteiger charge is -2.17. The van der Waals surface area contributed by atoms with E-state index in [1.165, 1.54) is 16.5 Å². The van der Waals surface area contributed by atoms with Crippen molar-refractivity contribution in [1.29, 1.82) is 0 Å². The molecule has 0 aliphatic heterocycles. The third-order valence-electron chi connectivity index (χ3n) is 2.26. The summed E-state index contributed by atoms with van der Waals surface area (Å²) in [5.74, 6) is 0. The third-order valence-corrected chi connectivity index (χ3v) is 2.26. The van der Waals surface area contributed by atoms with Gasteiger partial charge in [0.1, 0.15) is 7.05 Å². The van der Waals surface area contributed by atoms with E-state index in [4.69, 9.17) is 18.6 Å². The van der Waals surface area contributed by atoms with Gasteiger partial charge in [-0.1, -0.05) is 12.1 Å². The van der Waals surface area contributed by atoms with Gasteiger partial charge in [-0.2, -0.15) is 0 Å². The molecular formula is C11H12ClNO4. The first-order valence-electron chi connectivity index (χ1n) is 4.75. The number of benzene rings is 1. The summed E-state index contributed by atoms with van der Waals surface area (Å²) in [7, 11) is -2.87. The first kappa shape index (κ1) is 13.8. The van der Waals surface area contributed by atoms with Crippen LogP contribution in [0.3, 0.4) is 0 Å². The van der Waals surface area contributed by atoms with E-state index in [9.17, 15) is 0 Å². The van der Waals surface area contributed by atoms with Crippen molar-refractivity contribution in [2.45, 2.75) is 6.92 Å². The van der Waals surface area contributed by atoms with E-state index in [0.29, 0.717) is 0 Å². The SMILES string of the molecule is Cc1cc[n+](C)c2ccccc12.[O-][Cl+3]([O-])([O-])[O-]. The highest BCUT2D eigenvalue weighted by molar-refractivity contribution is 5.78. The van der Waals surface area contributed by atoms with Gasteiger partial charge in [0, 0.05) is 17.5 Å². The van der Waals surface area contributed by atoms with Crippen LogP contribution in [0.5, 0.6) is 0 Å². The molecule has 1 aromatic heterocycles. The molecule has 0 fully saturated rings. The molecule has 0 saturated carbocycles. The van der Waals surface area contributed by atoms with Gasteiger partial charge >= 0.3 is 0 Å². The van der Waals surface area contributed by atoms with Gasteiger partial charge in [-0.3, -0.25) is 0 Å². The van der Waals surface area contributed by atoms with Crippen LogP contribution in [-0.2, 0) is 7.05 Å². The van der Waals surface area contributed by atoms with Crippen LogP contribution < -0.4 is 23.2 Å². The van der Waals surface area contributed by atoms with Crippen LogP contribution in [0, 0.1) is 17.2 Å². The summed E-state index contributed by atoms with van der Waals surface area (Å²) in [5, 5.41) is 1.34. The van der Waals surface area contributed by atoms with Crippen molar-refractivity contribution in [3.8, 4) is 0 Å². The quantitative estimate of drug-likeness (QED) is 0.477. The zero-order chi connectivity index (χ0) is 13.1. The Morgan fingerprint density at radius 2 is 1.53 bits per heavy atom. The predicted molar refractivity (Wildman–Crippen MR) is 49.9 cm³/mol. The molecule has 0 bridgehead atoms. The van der Waals surface area contributed by atoms with Gasteiger partial charge in [-0.15, -0.1) is 10.2 Å².